The first kappa shape index (κ1) is 19.8. The Morgan fingerprint density at radius 3 is 2.35 bits per heavy atom. The van der Waals surface area contributed by atoms with Gasteiger partial charge in [-0.1, -0.05) is 42.0 Å². The van der Waals surface area contributed by atoms with E-state index in [1.165, 1.54) is 18.4 Å². The zero-order valence-electron chi connectivity index (χ0n) is 17.2. The number of allylic oxidation sites excluding steroid dienone is 2. The van der Waals surface area contributed by atoms with Crippen LogP contribution in [-0.4, -0.2) is 23.0 Å². The molecule has 7 heteroatoms. The summed E-state index contributed by atoms with van der Waals surface area (Å²) in [5.41, 5.74) is 10.1. The third-order valence-electron chi connectivity index (χ3n) is 5.91. The maximum absolute atomic E-state index is 13.6. The maximum Gasteiger partial charge on any atom is 0.212 e. The van der Waals surface area contributed by atoms with Crippen LogP contribution in [0.15, 0.2) is 76.0 Å². The lowest BCUT2D eigenvalue weighted by molar-refractivity contribution is 0.596. The number of hydrogen-bond acceptors (Lipinski definition) is 5. The highest BCUT2D eigenvalue weighted by Gasteiger charge is 2.30. The van der Waals surface area contributed by atoms with Gasteiger partial charge in [-0.15, -0.1) is 0 Å². The van der Waals surface area contributed by atoms with Gasteiger partial charge in [0, 0.05) is 6.54 Å². The minimum absolute atomic E-state index is 0.0459. The number of aryl methyl sites for hydroxylation is 1. The van der Waals surface area contributed by atoms with E-state index in [4.69, 9.17) is 10.7 Å². The molecule has 2 N–H and O–H groups in total. The van der Waals surface area contributed by atoms with E-state index in [-0.39, 0.29) is 15.6 Å². The van der Waals surface area contributed by atoms with E-state index >= 15 is 0 Å². The number of fused-ring (bicyclic) bond motifs is 2. The molecule has 0 atom stereocenters. The third-order valence-corrected chi connectivity index (χ3v) is 7.74. The van der Waals surface area contributed by atoms with E-state index in [1.807, 2.05) is 28.8 Å². The van der Waals surface area contributed by atoms with Gasteiger partial charge in [0.05, 0.1) is 15.9 Å². The first-order valence-corrected chi connectivity index (χ1v) is 12.1. The average molecular weight is 433 g/mol. The van der Waals surface area contributed by atoms with Crippen molar-refractivity contribution in [1.82, 2.24) is 14.5 Å². The highest BCUT2D eigenvalue weighted by molar-refractivity contribution is 7.92. The molecule has 0 radical (unpaired) electrons. The minimum atomic E-state index is -3.85. The van der Waals surface area contributed by atoms with Crippen LogP contribution in [0.2, 0.25) is 0 Å². The second-order valence-corrected chi connectivity index (χ2v) is 9.81. The lowest BCUT2D eigenvalue weighted by atomic mass is 9.97. The molecule has 2 aromatic carbocycles. The number of hydrogen-bond donors (Lipinski definition) is 1. The van der Waals surface area contributed by atoms with Crippen LogP contribution in [0.5, 0.6) is 0 Å². The Labute approximate surface area is 181 Å². The quantitative estimate of drug-likeness (QED) is 0.453. The summed E-state index contributed by atoms with van der Waals surface area (Å²) in [7, 11) is -3.85. The lowest BCUT2D eigenvalue weighted by Crippen LogP contribution is -2.09. The van der Waals surface area contributed by atoms with Crippen molar-refractivity contribution in [2.75, 3.05) is 5.73 Å². The van der Waals surface area contributed by atoms with Crippen LogP contribution >= 0.6 is 0 Å². The first-order valence-electron chi connectivity index (χ1n) is 10.6. The largest absolute Gasteiger partial charge is 0.384 e. The van der Waals surface area contributed by atoms with Crippen LogP contribution in [0, 0.1) is 0 Å². The van der Waals surface area contributed by atoms with Crippen LogP contribution in [-0.2, 0) is 16.4 Å². The average Bonchev–Trinajstić information content (AvgIpc) is 3.08. The van der Waals surface area contributed by atoms with Crippen molar-refractivity contribution < 1.29 is 8.42 Å². The lowest BCUT2D eigenvalue weighted by Gasteiger charge is -2.14. The summed E-state index contributed by atoms with van der Waals surface area (Å²) < 4.78 is 28.9. The molecule has 31 heavy (non-hydrogen) atoms. The van der Waals surface area contributed by atoms with E-state index < -0.39 is 9.84 Å². The van der Waals surface area contributed by atoms with Gasteiger partial charge in [-0.3, -0.25) is 0 Å². The van der Waals surface area contributed by atoms with Gasteiger partial charge in [-0.2, -0.15) is 0 Å². The maximum atomic E-state index is 13.6. The van der Waals surface area contributed by atoms with Crippen LogP contribution in [0.25, 0.3) is 22.2 Å². The molecule has 4 aromatic rings. The van der Waals surface area contributed by atoms with Crippen molar-refractivity contribution in [2.45, 2.75) is 48.4 Å². The topological polar surface area (TPSA) is 90.9 Å². The second-order valence-electron chi connectivity index (χ2n) is 7.93. The van der Waals surface area contributed by atoms with Crippen molar-refractivity contribution in [3.8, 4) is 0 Å². The van der Waals surface area contributed by atoms with Crippen LogP contribution in [0.1, 0.15) is 32.1 Å². The summed E-state index contributed by atoms with van der Waals surface area (Å²) in [5, 5.41) is 0. The number of sulfone groups is 1. The Hall–Kier alpha value is -3.19. The molecule has 158 valence electrons. The Balaban J connectivity index is 1.72. The number of anilines is 1. The van der Waals surface area contributed by atoms with Crippen molar-refractivity contribution in [3.05, 3.63) is 66.2 Å². The minimum Gasteiger partial charge on any atom is -0.384 e. The molecule has 1 aliphatic rings. The predicted molar refractivity (Wildman–Crippen MR) is 123 cm³/mol. The number of rotatable bonds is 5. The van der Waals surface area contributed by atoms with E-state index in [1.54, 1.807) is 30.3 Å². The summed E-state index contributed by atoms with van der Waals surface area (Å²) in [6.45, 7) is 0.575. The molecular weight excluding hydrogens is 408 g/mol. The highest BCUT2D eigenvalue weighted by Crippen LogP contribution is 2.36. The molecule has 0 saturated heterocycles. The van der Waals surface area contributed by atoms with Gasteiger partial charge in [0.15, 0.2) is 5.65 Å². The molecule has 0 fully saturated rings. The fourth-order valence-electron chi connectivity index (χ4n) is 4.29. The zero-order valence-corrected chi connectivity index (χ0v) is 18.0. The van der Waals surface area contributed by atoms with Gasteiger partial charge in [0.2, 0.25) is 9.84 Å². The van der Waals surface area contributed by atoms with Gasteiger partial charge in [0.1, 0.15) is 16.2 Å². The van der Waals surface area contributed by atoms with Crippen LogP contribution in [0.4, 0.5) is 5.82 Å². The van der Waals surface area contributed by atoms with Gasteiger partial charge < -0.3 is 10.3 Å². The monoisotopic (exact) mass is 432 g/mol. The van der Waals surface area contributed by atoms with Gasteiger partial charge in [-0.05, 0) is 56.4 Å². The van der Waals surface area contributed by atoms with Gasteiger partial charge in [0.25, 0.3) is 0 Å². The number of nitrogens with zero attached hydrogens (tertiary/aromatic N) is 3. The second kappa shape index (κ2) is 7.81. The summed E-state index contributed by atoms with van der Waals surface area (Å²) in [4.78, 5) is 9.70. The molecule has 1 aliphatic carbocycles. The van der Waals surface area contributed by atoms with Crippen molar-refractivity contribution in [2.24, 2.45) is 0 Å². The molecule has 6 nitrogen and oxygen atoms in total. The Kier molecular flexibility index (Phi) is 4.98. The first-order chi connectivity index (χ1) is 15.1. The van der Waals surface area contributed by atoms with Crippen molar-refractivity contribution >= 4 is 37.9 Å². The van der Waals surface area contributed by atoms with Crippen molar-refractivity contribution in [3.63, 3.8) is 0 Å². The Morgan fingerprint density at radius 1 is 0.935 bits per heavy atom. The molecule has 5 rings (SSSR count). The normalized spacial score (nSPS) is 14.8. The number of para-hydroxylation sites is 2. The smallest absolute Gasteiger partial charge is 0.212 e. The van der Waals surface area contributed by atoms with Crippen LogP contribution in [0.3, 0.4) is 0 Å². The molecule has 2 heterocycles. The third kappa shape index (κ3) is 3.49. The number of aromatic nitrogens is 3. The summed E-state index contributed by atoms with van der Waals surface area (Å²) in [6.07, 6.45) is 7.75. The van der Waals surface area contributed by atoms with E-state index in [0.717, 1.165) is 19.3 Å². The number of nitrogen functional groups attached to an aromatic ring is 1. The van der Waals surface area contributed by atoms with Crippen LogP contribution < -0.4 is 5.73 Å². The van der Waals surface area contributed by atoms with Gasteiger partial charge >= 0.3 is 0 Å². The molecule has 2 aromatic heterocycles. The van der Waals surface area contributed by atoms with Crippen molar-refractivity contribution in [1.29, 1.82) is 0 Å². The van der Waals surface area contributed by atoms with Gasteiger partial charge in [-0.25, -0.2) is 18.4 Å². The fraction of sp³-hybridized carbons (Fsp3) is 0.250. The van der Waals surface area contributed by atoms with E-state index in [0.29, 0.717) is 28.7 Å². The molecule has 0 aliphatic heterocycles. The Bertz CT molecular complexity index is 1410. The highest BCUT2D eigenvalue weighted by atomic mass is 32.2. The molecule has 0 bridgehead atoms. The fourth-order valence-corrected chi connectivity index (χ4v) is 5.81. The number of nitrogens with two attached hydrogens (primary N) is 1. The summed E-state index contributed by atoms with van der Waals surface area (Å²) in [6, 6.07) is 15.8. The van der Waals surface area contributed by atoms with E-state index in [9.17, 15) is 8.42 Å². The molecule has 0 unspecified atom stereocenters. The summed E-state index contributed by atoms with van der Waals surface area (Å²) >= 11 is 0. The molecular formula is C24H24N4O2S. The SMILES string of the molecule is Nc1c(S(=O)(=O)c2ccccc2)c2nc3ccccc3nc2n1CCC1=CCCCC1. The molecule has 0 spiro atoms. The summed E-state index contributed by atoms with van der Waals surface area (Å²) in [5.74, 6) is 0.200. The van der Waals surface area contributed by atoms with E-state index in [2.05, 4.69) is 11.1 Å². The standard InChI is InChI=1S/C24H24N4O2S/c25-23-22(31(29,30)18-11-5-2-6-12-18)21-24(27-20-14-8-7-13-19(20)26-21)28(23)16-15-17-9-3-1-4-10-17/h2,5-9,11-14H,1,3-4,10,15-16,25H2. The Morgan fingerprint density at radius 2 is 1.65 bits per heavy atom. The number of benzene rings is 2. The molecule has 0 amide bonds. The molecule has 0 saturated carbocycles. The predicted octanol–water partition coefficient (Wildman–Crippen LogP) is 4.89. The zero-order chi connectivity index (χ0) is 21.4.